The van der Waals surface area contributed by atoms with Crippen LogP contribution in [0, 0.1) is 34.5 Å². The second-order valence-electron chi connectivity index (χ2n) is 10.1. The number of hydrogen-bond donors (Lipinski definition) is 1. The van der Waals surface area contributed by atoms with Crippen LogP contribution in [0.2, 0.25) is 0 Å². The Bertz CT molecular complexity index is 693. The van der Waals surface area contributed by atoms with E-state index in [0.717, 1.165) is 31.3 Å². The molecule has 0 aromatic heterocycles. The van der Waals surface area contributed by atoms with Crippen molar-refractivity contribution in [2.45, 2.75) is 86.7 Å². The number of aliphatic carboxylic acids is 1. The zero-order valence-corrected chi connectivity index (χ0v) is 19.1. The number of allylic oxidation sites excluding steroid dienone is 1. The Kier molecular flexibility index (Phi) is 7.01. The van der Waals surface area contributed by atoms with E-state index >= 15 is 0 Å². The Hall–Kier alpha value is -1.65. The average molecular weight is 407 g/mol. The Morgan fingerprint density at radius 2 is 1.90 bits per heavy atom. The van der Waals surface area contributed by atoms with Crippen molar-refractivity contribution < 1.29 is 24.2 Å². The van der Waals surface area contributed by atoms with E-state index in [4.69, 9.17) is 9.84 Å². The Morgan fingerprint density at radius 1 is 1.28 bits per heavy atom. The van der Waals surface area contributed by atoms with Crippen LogP contribution in [0.1, 0.15) is 80.6 Å². The molecule has 0 heterocycles. The van der Waals surface area contributed by atoms with Crippen molar-refractivity contribution in [1.29, 1.82) is 0 Å². The molecular weight excluding hydrogens is 368 g/mol. The molecule has 2 rings (SSSR count). The molecule has 6 atom stereocenters. The number of Topliss-reactive ketones (excluding diaryl/α,β-unsaturated/α-hetero) is 1. The highest BCUT2D eigenvalue weighted by Gasteiger charge is 2.62. The lowest BCUT2D eigenvalue weighted by molar-refractivity contribution is -0.186. The molecule has 5 heteroatoms. The highest BCUT2D eigenvalue weighted by molar-refractivity contribution is 5.90. The normalized spacial score (nSPS) is 35.7. The topological polar surface area (TPSA) is 80.7 Å². The van der Waals surface area contributed by atoms with Gasteiger partial charge in [0, 0.05) is 17.8 Å². The molecule has 1 N–H and O–H groups in total. The highest BCUT2D eigenvalue weighted by atomic mass is 16.5. The predicted octanol–water partition coefficient (Wildman–Crippen LogP) is 5.03. The van der Waals surface area contributed by atoms with Crippen LogP contribution >= 0.6 is 0 Å². The van der Waals surface area contributed by atoms with Crippen LogP contribution in [-0.4, -0.2) is 28.9 Å². The monoisotopic (exact) mass is 406 g/mol. The molecule has 1 fully saturated rings. The molecule has 2 aliphatic carbocycles. The van der Waals surface area contributed by atoms with Crippen molar-refractivity contribution in [3.8, 4) is 0 Å². The Labute approximate surface area is 175 Å². The summed E-state index contributed by atoms with van der Waals surface area (Å²) >= 11 is 0. The minimum atomic E-state index is -0.780. The maximum Gasteiger partial charge on any atom is 0.309 e. The van der Waals surface area contributed by atoms with Crippen molar-refractivity contribution in [2.75, 3.05) is 0 Å². The Balaban J connectivity index is 2.40. The standard InChI is InChI=1S/C24H38O5/c1-14(2)22(28)29-21-20(27)17(5)23(6,12-11-15(3)13-19(25)26)18-10-8-9-16(4)24(18,21)7/h9,14-15,17-18,21H,8,10-13H2,1-7H3,(H,25,26)/t15-,17+,18+,21-,23-,24-/m0/s1. The summed E-state index contributed by atoms with van der Waals surface area (Å²) < 4.78 is 5.84. The number of ether oxygens (including phenoxy) is 1. The van der Waals surface area contributed by atoms with Crippen LogP contribution in [0.4, 0.5) is 0 Å². The number of ketones is 1. The van der Waals surface area contributed by atoms with E-state index in [1.54, 1.807) is 13.8 Å². The molecule has 0 bridgehead atoms. The van der Waals surface area contributed by atoms with Gasteiger partial charge in [0.2, 0.25) is 0 Å². The predicted molar refractivity (Wildman–Crippen MR) is 112 cm³/mol. The summed E-state index contributed by atoms with van der Waals surface area (Å²) in [5.74, 6) is -1.36. The van der Waals surface area contributed by atoms with Gasteiger partial charge in [-0.3, -0.25) is 14.4 Å². The molecule has 0 unspecified atom stereocenters. The molecule has 29 heavy (non-hydrogen) atoms. The number of esters is 1. The lowest BCUT2D eigenvalue weighted by atomic mass is 9.45. The Morgan fingerprint density at radius 3 is 2.45 bits per heavy atom. The lowest BCUT2D eigenvalue weighted by Gasteiger charge is -2.59. The van der Waals surface area contributed by atoms with Gasteiger partial charge in [0.1, 0.15) is 0 Å². The molecule has 0 aromatic rings. The van der Waals surface area contributed by atoms with Crippen molar-refractivity contribution in [2.24, 2.45) is 34.5 Å². The molecule has 0 spiro atoms. The SMILES string of the molecule is CC1=CCC[C@@H]2[C@@](C)(CC[C@H](C)CC(=O)O)[C@H](C)C(=O)[C@H](OC(=O)C(C)C)[C@@]12C. The van der Waals surface area contributed by atoms with Crippen molar-refractivity contribution in [1.82, 2.24) is 0 Å². The molecule has 0 aromatic carbocycles. The van der Waals surface area contributed by atoms with Gasteiger partial charge in [-0.05, 0) is 49.9 Å². The van der Waals surface area contributed by atoms with E-state index in [9.17, 15) is 14.4 Å². The van der Waals surface area contributed by atoms with Gasteiger partial charge in [-0.2, -0.15) is 0 Å². The van der Waals surface area contributed by atoms with Gasteiger partial charge in [-0.25, -0.2) is 0 Å². The molecule has 1 saturated carbocycles. The first-order valence-electron chi connectivity index (χ1n) is 11.0. The summed E-state index contributed by atoms with van der Waals surface area (Å²) in [4.78, 5) is 37.0. The van der Waals surface area contributed by atoms with Gasteiger partial charge in [-0.1, -0.05) is 53.2 Å². The minimum Gasteiger partial charge on any atom is -0.481 e. The number of fused-ring (bicyclic) bond motifs is 1. The maximum absolute atomic E-state index is 13.5. The largest absolute Gasteiger partial charge is 0.481 e. The van der Waals surface area contributed by atoms with E-state index in [-0.39, 0.29) is 47.3 Å². The van der Waals surface area contributed by atoms with Crippen LogP contribution in [0.5, 0.6) is 0 Å². The van der Waals surface area contributed by atoms with Gasteiger partial charge in [-0.15, -0.1) is 0 Å². The number of carbonyl (C=O) groups is 3. The molecule has 164 valence electrons. The molecule has 0 radical (unpaired) electrons. The van der Waals surface area contributed by atoms with Gasteiger partial charge in [0.05, 0.1) is 5.92 Å². The first-order chi connectivity index (χ1) is 13.4. The van der Waals surface area contributed by atoms with Crippen molar-refractivity contribution in [3.05, 3.63) is 11.6 Å². The molecule has 0 aliphatic heterocycles. The summed E-state index contributed by atoms with van der Waals surface area (Å²) in [7, 11) is 0. The van der Waals surface area contributed by atoms with Crippen molar-refractivity contribution >= 4 is 17.7 Å². The zero-order chi connectivity index (χ0) is 22.1. The second-order valence-corrected chi connectivity index (χ2v) is 10.1. The first-order valence-corrected chi connectivity index (χ1v) is 11.0. The summed E-state index contributed by atoms with van der Waals surface area (Å²) in [6.07, 6.45) is 5.05. The fraction of sp³-hybridized carbons (Fsp3) is 0.792. The molecule has 0 amide bonds. The van der Waals surface area contributed by atoms with Gasteiger partial charge >= 0.3 is 11.9 Å². The quantitative estimate of drug-likeness (QED) is 0.473. The first kappa shape index (κ1) is 23.6. The number of carbonyl (C=O) groups excluding carboxylic acids is 2. The number of carboxylic acid groups (broad SMARTS) is 1. The number of rotatable bonds is 7. The third-order valence-electron chi connectivity index (χ3n) is 7.90. The third-order valence-corrected chi connectivity index (χ3v) is 7.90. The average Bonchev–Trinajstić information content (AvgIpc) is 2.63. The summed E-state index contributed by atoms with van der Waals surface area (Å²) in [6, 6.07) is 0. The third kappa shape index (κ3) is 4.29. The van der Waals surface area contributed by atoms with Crippen LogP contribution in [0.25, 0.3) is 0 Å². The van der Waals surface area contributed by atoms with E-state index in [1.807, 2.05) is 13.8 Å². The van der Waals surface area contributed by atoms with Gasteiger partial charge < -0.3 is 9.84 Å². The van der Waals surface area contributed by atoms with Crippen LogP contribution in [-0.2, 0) is 19.1 Å². The number of hydrogen-bond acceptors (Lipinski definition) is 4. The van der Waals surface area contributed by atoms with Gasteiger partial charge in [0.25, 0.3) is 0 Å². The smallest absolute Gasteiger partial charge is 0.309 e. The van der Waals surface area contributed by atoms with Crippen molar-refractivity contribution in [3.63, 3.8) is 0 Å². The fourth-order valence-corrected chi connectivity index (χ4v) is 5.60. The highest BCUT2D eigenvalue weighted by Crippen LogP contribution is 2.61. The summed E-state index contributed by atoms with van der Waals surface area (Å²) in [6.45, 7) is 13.8. The van der Waals surface area contributed by atoms with Gasteiger partial charge in [0.15, 0.2) is 11.9 Å². The minimum absolute atomic E-state index is 0.000729. The second kappa shape index (κ2) is 8.61. The summed E-state index contributed by atoms with van der Waals surface area (Å²) in [5.41, 5.74) is 0.354. The van der Waals surface area contributed by atoms with Crippen LogP contribution < -0.4 is 0 Å². The fourth-order valence-electron chi connectivity index (χ4n) is 5.60. The summed E-state index contributed by atoms with van der Waals surface area (Å²) in [5, 5.41) is 9.10. The maximum atomic E-state index is 13.5. The molecular formula is C24H38O5. The number of carboxylic acids is 1. The van der Waals surface area contributed by atoms with E-state index in [0.29, 0.717) is 0 Å². The molecule has 0 saturated heterocycles. The van der Waals surface area contributed by atoms with E-state index in [2.05, 4.69) is 26.8 Å². The van der Waals surface area contributed by atoms with Crippen LogP contribution in [0.15, 0.2) is 11.6 Å². The lowest BCUT2D eigenvalue weighted by Crippen LogP contribution is -2.62. The van der Waals surface area contributed by atoms with Crippen LogP contribution in [0.3, 0.4) is 0 Å². The van der Waals surface area contributed by atoms with E-state index in [1.165, 1.54) is 0 Å². The van der Waals surface area contributed by atoms with E-state index < -0.39 is 17.5 Å². The zero-order valence-electron chi connectivity index (χ0n) is 19.1. The molecule has 5 nitrogen and oxygen atoms in total. The molecule has 2 aliphatic rings.